The molecule has 1 aliphatic heterocycles. The highest BCUT2D eigenvalue weighted by Gasteiger charge is 2.49. The molecule has 6 nitrogen and oxygen atoms in total. The summed E-state index contributed by atoms with van der Waals surface area (Å²) in [6.45, 7) is 2.17. The van der Waals surface area contributed by atoms with Crippen LogP contribution in [0.4, 0.5) is 0 Å². The van der Waals surface area contributed by atoms with Crippen LogP contribution < -0.4 is 5.43 Å². The summed E-state index contributed by atoms with van der Waals surface area (Å²) in [5, 5.41) is 9.46. The predicted molar refractivity (Wildman–Crippen MR) is 75.1 cm³/mol. The Morgan fingerprint density at radius 3 is 2.81 bits per heavy atom. The number of hydrogen-bond donors (Lipinski definition) is 2. The number of aromatic amines is 1. The first-order chi connectivity index (χ1) is 9.99. The summed E-state index contributed by atoms with van der Waals surface area (Å²) in [4.78, 5) is 40.3. The first kappa shape index (κ1) is 13.9. The van der Waals surface area contributed by atoms with E-state index in [1.165, 1.54) is 17.2 Å². The lowest BCUT2D eigenvalue weighted by molar-refractivity contribution is -0.142. The Bertz CT molecular complexity index is 651. The van der Waals surface area contributed by atoms with Crippen molar-refractivity contribution < 1.29 is 14.7 Å². The van der Waals surface area contributed by atoms with Gasteiger partial charge in [0, 0.05) is 24.5 Å². The van der Waals surface area contributed by atoms with Gasteiger partial charge in [-0.1, -0.05) is 6.42 Å². The zero-order chi connectivity index (χ0) is 15.1. The third-order valence-corrected chi connectivity index (χ3v) is 4.69. The maximum absolute atomic E-state index is 12.6. The number of aromatic nitrogens is 1. The van der Waals surface area contributed by atoms with Crippen LogP contribution >= 0.6 is 0 Å². The molecule has 0 aromatic carbocycles. The van der Waals surface area contributed by atoms with Gasteiger partial charge in [0.15, 0.2) is 5.43 Å². The van der Waals surface area contributed by atoms with E-state index in [1.807, 2.05) is 0 Å². The lowest BCUT2D eigenvalue weighted by Crippen LogP contribution is -2.44. The summed E-state index contributed by atoms with van der Waals surface area (Å²) in [7, 11) is 0. The number of hydrogen-bond acceptors (Lipinski definition) is 3. The molecule has 3 unspecified atom stereocenters. The molecule has 3 rings (SSSR count). The van der Waals surface area contributed by atoms with E-state index in [1.54, 1.807) is 6.92 Å². The molecular formula is C15H18N2O4. The van der Waals surface area contributed by atoms with E-state index in [0.717, 1.165) is 19.3 Å². The zero-order valence-corrected chi connectivity index (χ0v) is 11.8. The fourth-order valence-electron chi connectivity index (χ4n) is 3.73. The minimum Gasteiger partial charge on any atom is -0.480 e. The van der Waals surface area contributed by atoms with Crippen molar-refractivity contribution >= 4 is 11.9 Å². The Balaban J connectivity index is 1.93. The van der Waals surface area contributed by atoms with Gasteiger partial charge in [-0.2, -0.15) is 0 Å². The topological polar surface area (TPSA) is 90.5 Å². The van der Waals surface area contributed by atoms with Crippen molar-refractivity contribution in [3.63, 3.8) is 0 Å². The number of nitrogens with zero attached hydrogens (tertiary/aromatic N) is 1. The average molecular weight is 290 g/mol. The second-order valence-electron chi connectivity index (χ2n) is 5.99. The Morgan fingerprint density at radius 1 is 1.38 bits per heavy atom. The molecule has 2 fully saturated rings. The van der Waals surface area contributed by atoms with Crippen LogP contribution in [0.5, 0.6) is 0 Å². The molecule has 1 aliphatic carbocycles. The summed E-state index contributed by atoms with van der Waals surface area (Å²) in [5.41, 5.74) is 0.328. The minimum atomic E-state index is -0.971. The smallest absolute Gasteiger partial charge is 0.326 e. The normalized spacial score (nSPS) is 27.7. The molecule has 2 N–H and O–H groups in total. The van der Waals surface area contributed by atoms with Crippen LogP contribution in [0.15, 0.2) is 17.1 Å². The van der Waals surface area contributed by atoms with Crippen molar-refractivity contribution in [1.82, 2.24) is 9.88 Å². The van der Waals surface area contributed by atoms with E-state index in [9.17, 15) is 19.5 Å². The van der Waals surface area contributed by atoms with Crippen LogP contribution in [0.2, 0.25) is 0 Å². The number of fused-ring (bicyclic) bond motifs is 1. The molecule has 1 aromatic heterocycles. The Kier molecular flexibility index (Phi) is 3.31. The van der Waals surface area contributed by atoms with Crippen molar-refractivity contribution in [3.05, 3.63) is 33.7 Å². The number of aryl methyl sites for hydroxylation is 1. The van der Waals surface area contributed by atoms with Crippen molar-refractivity contribution in [2.24, 2.45) is 11.8 Å². The zero-order valence-electron chi connectivity index (χ0n) is 11.8. The van der Waals surface area contributed by atoms with E-state index in [-0.39, 0.29) is 22.8 Å². The lowest BCUT2D eigenvalue weighted by atomic mass is 9.94. The average Bonchev–Trinajstić information content (AvgIpc) is 2.96. The van der Waals surface area contributed by atoms with E-state index >= 15 is 0 Å². The molecule has 1 saturated carbocycles. The van der Waals surface area contributed by atoms with Crippen LogP contribution in [0.3, 0.4) is 0 Å². The number of amides is 1. The highest BCUT2D eigenvalue weighted by atomic mass is 16.4. The first-order valence-corrected chi connectivity index (χ1v) is 7.22. The molecule has 0 spiro atoms. The molecule has 1 aromatic rings. The quantitative estimate of drug-likeness (QED) is 0.850. The Labute approximate surface area is 121 Å². The number of H-pyrrole nitrogens is 1. The molecule has 0 radical (unpaired) electrons. The molecular weight excluding hydrogens is 272 g/mol. The molecule has 112 valence electrons. The third-order valence-electron chi connectivity index (χ3n) is 4.69. The van der Waals surface area contributed by atoms with Crippen LogP contribution in [0.1, 0.15) is 35.3 Å². The van der Waals surface area contributed by atoms with Gasteiger partial charge in [-0.25, -0.2) is 4.79 Å². The number of carbonyl (C=O) groups excluding carboxylic acids is 1. The second-order valence-corrected chi connectivity index (χ2v) is 5.99. The lowest BCUT2D eigenvalue weighted by Gasteiger charge is -2.24. The van der Waals surface area contributed by atoms with Gasteiger partial charge < -0.3 is 15.0 Å². The van der Waals surface area contributed by atoms with Crippen molar-refractivity contribution in [2.75, 3.05) is 6.54 Å². The predicted octanol–water partition coefficient (Wildman–Crippen LogP) is 1.01. The molecule has 1 amide bonds. The minimum absolute atomic E-state index is 0.0202. The number of rotatable bonds is 2. The van der Waals surface area contributed by atoms with E-state index < -0.39 is 17.9 Å². The van der Waals surface area contributed by atoms with E-state index in [0.29, 0.717) is 12.2 Å². The SMILES string of the molecule is Cc1cc(=O)c(C(=O)N2CC3CCCC3C2C(=O)O)c[nH]1. The highest BCUT2D eigenvalue weighted by molar-refractivity contribution is 5.96. The van der Waals surface area contributed by atoms with Gasteiger partial charge in [0.05, 0.1) is 0 Å². The molecule has 6 heteroatoms. The second kappa shape index (κ2) is 5.02. The fraction of sp³-hybridized carbons (Fsp3) is 0.533. The van der Waals surface area contributed by atoms with Crippen LogP contribution in [0.25, 0.3) is 0 Å². The van der Waals surface area contributed by atoms with E-state index in [4.69, 9.17) is 0 Å². The van der Waals surface area contributed by atoms with Crippen LogP contribution in [0, 0.1) is 18.8 Å². The number of carboxylic acids is 1. The maximum Gasteiger partial charge on any atom is 0.326 e. The van der Waals surface area contributed by atoms with Gasteiger partial charge in [-0.3, -0.25) is 9.59 Å². The van der Waals surface area contributed by atoms with Gasteiger partial charge >= 0.3 is 5.97 Å². The standard InChI is InChI=1S/C15H18N2O4/c1-8-5-12(18)11(6-16-8)14(19)17-7-9-3-2-4-10(9)13(17)15(20)21/h5-6,9-10,13H,2-4,7H2,1H3,(H,16,18)(H,20,21). The van der Waals surface area contributed by atoms with Crippen molar-refractivity contribution in [1.29, 1.82) is 0 Å². The molecule has 0 bridgehead atoms. The van der Waals surface area contributed by atoms with Crippen molar-refractivity contribution in [2.45, 2.75) is 32.2 Å². The summed E-state index contributed by atoms with van der Waals surface area (Å²) in [5.74, 6) is -1.17. The van der Waals surface area contributed by atoms with E-state index in [2.05, 4.69) is 4.98 Å². The largest absolute Gasteiger partial charge is 0.480 e. The molecule has 2 aliphatic rings. The van der Waals surface area contributed by atoms with Gasteiger partial charge in [-0.15, -0.1) is 0 Å². The number of pyridine rings is 1. The molecule has 1 saturated heterocycles. The molecule has 3 atom stereocenters. The Morgan fingerprint density at radius 2 is 2.14 bits per heavy atom. The van der Waals surface area contributed by atoms with Gasteiger partial charge in [0.1, 0.15) is 11.6 Å². The summed E-state index contributed by atoms with van der Waals surface area (Å²) in [6, 6.07) is 0.561. The number of nitrogens with one attached hydrogen (secondary N) is 1. The maximum atomic E-state index is 12.6. The molecule has 21 heavy (non-hydrogen) atoms. The summed E-state index contributed by atoms with van der Waals surface area (Å²) in [6.07, 6.45) is 4.21. The number of aliphatic carboxylic acids is 1. The highest BCUT2D eigenvalue weighted by Crippen LogP contribution is 2.42. The summed E-state index contributed by atoms with van der Waals surface area (Å²) < 4.78 is 0. The van der Waals surface area contributed by atoms with Crippen LogP contribution in [-0.2, 0) is 4.79 Å². The van der Waals surface area contributed by atoms with Gasteiger partial charge in [0.2, 0.25) is 0 Å². The van der Waals surface area contributed by atoms with Crippen molar-refractivity contribution in [3.8, 4) is 0 Å². The van der Waals surface area contributed by atoms with Gasteiger partial charge in [0.25, 0.3) is 5.91 Å². The Hall–Kier alpha value is -2.11. The van der Waals surface area contributed by atoms with Gasteiger partial charge in [-0.05, 0) is 31.6 Å². The van der Waals surface area contributed by atoms with Crippen LogP contribution in [-0.4, -0.2) is 39.5 Å². The number of likely N-dealkylation sites (tertiary alicyclic amines) is 1. The molecule has 2 heterocycles. The first-order valence-electron chi connectivity index (χ1n) is 7.22. The summed E-state index contributed by atoms with van der Waals surface area (Å²) >= 11 is 0. The number of carboxylic acid groups (broad SMARTS) is 1. The third kappa shape index (κ3) is 2.24. The fourth-order valence-corrected chi connectivity index (χ4v) is 3.73. The monoisotopic (exact) mass is 290 g/mol. The number of carbonyl (C=O) groups is 2.